The molecule has 13 heteroatoms. The molecule has 4 atom stereocenters. The van der Waals surface area contributed by atoms with Crippen LogP contribution in [0.15, 0.2) is 18.6 Å². The average molecular weight is 712 g/mol. The van der Waals surface area contributed by atoms with Crippen molar-refractivity contribution in [1.29, 1.82) is 0 Å². The van der Waals surface area contributed by atoms with Gasteiger partial charge in [0.25, 0.3) is 11.8 Å². The third-order valence-electron chi connectivity index (χ3n) is 10.1. The van der Waals surface area contributed by atoms with Crippen LogP contribution in [0.1, 0.15) is 130 Å². The average Bonchev–Trinajstić information content (AvgIpc) is 3.92. The van der Waals surface area contributed by atoms with E-state index in [1.54, 1.807) is 0 Å². The molecule has 1 aromatic heterocycles. The molecule has 51 heavy (non-hydrogen) atoms. The quantitative estimate of drug-likeness (QED) is 0.157. The van der Waals surface area contributed by atoms with Crippen LogP contribution >= 0.6 is 0 Å². The summed E-state index contributed by atoms with van der Waals surface area (Å²) >= 11 is 0. The van der Waals surface area contributed by atoms with Gasteiger partial charge >= 0.3 is 0 Å². The highest BCUT2D eigenvalue weighted by Crippen LogP contribution is 2.29. The standard InChI is InChI=1S/C38H61N7O6/c1-8-13-26(14-9-2)24(3)22-45(23-30(46)41-25(4)32(47)36(50)42-28-17-18-28)37(51)33(38(5,6)7)44-35(49)31(27-15-11-10-12-16-27)43-34(48)29-21-39-19-20-40-29/h19-21,24-28,31,33H,8-18,22-23H2,1-7H3,(H,41,46)(H,42,50)(H,43,48)(H,44,49). The van der Waals surface area contributed by atoms with Crippen molar-refractivity contribution < 1.29 is 28.8 Å². The first kappa shape index (κ1) is 41.5. The van der Waals surface area contributed by atoms with Gasteiger partial charge in [0, 0.05) is 25.0 Å². The minimum Gasteiger partial charge on any atom is -0.347 e. The molecule has 1 heterocycles. The van der Waals surface area contributed by atoms with Gasteiger partial charge in [0.15, 0.2) is 0 Å². The summed E-state index contributed by atoms with van der Waals surface area (Å²) in [5.41, 5.74) is -0.681. The fraction of sp³-hybridized carbons (Fsp3) is 0.737. The first-order valence-electron chi connectivity index (χ1n) is 19.0. The molecule has 2 saturated carbocycles. The maximum Gasteiger partial charge on any atom is 0.289 e. The van der Waals surface area contributed by atoms with Gasteiger partial charge in [0.05, 0.1) is 18.8 Å². The highest BCUT2D eigenvalue weighted by molar-refractivity contribution is 6.38. The number of nitrogens with one attached hydrogen (secondary N) is 4. The minimum atomic E-state index is -1.08. The third kappa shape index (κ3) is 13.0. The molecule has 1 aromatic rings. The molecule has 13 nitrogen and oxygen atoms in total. The van der Waals surface area contributed by atoms with Gasteiger partial charge in [0.2, 0.25) is 23.5 Å². The molecule has 2 aliphatic rings. The monoisotopic (exact) mass is 711 g/mol. The Kier molecular flexibility index (Phi) is 16.0. The van der Waals surface area contributed by atoms with Crippen molar-refractivity contribution in [3.63, 3.8) is 0 Å². The molecule has 0 saturated heterocycles. The number of hydrogen-bond acceptors (Lipinski definition) is 8. The maximum absolute atomic E-state index is 14.6. The molecule has 3 rings (SSSR count). The van der Waals surface area contributed by atoms with Gasteiger partial charge in [-0.1, -0.05) is 86.5 Å². The van der Waals surface area contributed by atoms with Gasteiger partial charge in [-0.2, -0.15) is 0 Å². The third-order valence-corrected chi connectivity index (χ3v) is 10.1. The zero-order chi connectivity index (χ0) is 37.7. The molecule has 0 bridgehead atoms. The summed E-state index contributed by atoms with van der Waals surface area (Å²) in [6.07, 6.45) is 14.2. The summed E-state index contributed by atoms with van der Waals surface area (Å²) in [6.45, 7) is 13.2. The van der Waals surface area contributed by atoms with Crippen molar-refractivity contribution >= 4 is 35.3 Å². The molecule has 0 radical (unpaired) electrons. The predicted molar refractivity (Wildman–Crippen MR) is 194 cm³/mol. The molecule has 284 valence electrons. The highest BCUT2D eigenvalue weighted by atomic mass is 16.2. The van der Waals surface area contributed by atoms with Gasteiger partial charge in [-0.05, 0) is 55.8 Å². The van der Waals surface area contributed by atoms with Crippen LogP contribution in [-0.2, 0) is 24.0 Å². The number of carbonyl (C=O) groups excluding carboxylic acids is 6. The Labute approximate surface area is 303 Å². The summed E-state index contributed by atoms with van der Waals surface area (Å²) in [6, 6.07) is -3.02. The van der Waals surface area contributed by atoms with Crippen LogP contribution in [0.2, 0.25) is 0 Å². The van der Waals surface area contributed by atoms with E-state index in [2.05, 4.69) is 52.0 Å². The molecular formula is C38H61N7O6. The van der Waals surface area contributed by atoms with Crippen molar-refractivity contribution in [2.24, 2.45) is 23.2 Å². The van der Waals surface area contributed by atoms with E-state index in [-0.39, 0.29) is 36.7 Å². The fourth-order valence-corrected chi connectivity index (χ4v) is 6.95. The zero-order valence-electron chi connectivity index (χ0n) is 31.8. The Morgan fingerprint density at radius 2 is 1.53 bits per heavy atom. The Morgan fingerprint density at radius 1 is 0.882 bits per heavy atom. The Balaban J connectivity index is 1.87. The summed E-state index contributed by atoms with van der Waals surface area (Å²) < 4.78 is 0. The molecule has 2 aliphatic carbocycles. The lowest BCUT2D eigenvalue weighted by Crippen LogP contribution is -2.61. The van der Waals surface area contributed by atoms with E-state index in [9.17, 15) is 28.8 Å². The summed E-state index contributed by atoms with van der Waals surface area (Å²) in [5.74, 6) is -3.24. The second-order valence-electron chi connectivity index (χ2n) is 15.7. The van der Waals surface area contributed by atoms with Gasteiger partial charge in [0.1, 0.15) is 17.8 Å². The summed E-state index contributed by atoms with van der Waals surface area (Å²) in [5, 5.41) is 11.2. The molecule has 0 aromatic carbocycles. The molecule has 4 N–H and O–H groups in total. The summed E-state index contributed by atoms with van der Waals surface area (Å²) in [7, 11) is 0. The van der Waals surface area contributed by atoms with Crippen molar-refractivity contribution in [2.45, 2.75) is 143 Å². The largest absolute Gasteiger partial charge is 0.347 e. The van der Waals surface area contributed by atoms with Crippen molar-refractivity contribution in [3.05, 3.63) is 24.3 Å². The second-order valence-corrected chi connectivity index (χ2v) is 15.7. The van der Waals surface area contributed by atoms with E-state index in [1.165, 1.54) is 30.4 Å². The van der Waals surface area contributed by atoms with E-state index in [1.807, 2.05) is 20.8 Å². The number of carbonyl (C=O) groups is 6. The number of Topliss-reactive ketones (excluding diaryl/α,β-unsaturated/α-hetero) is 1. The fourth-order valence-electron chi connectivity index (χ4n) is 6.95. The normalized spacial score (nSPS) is 17.4. The lowest BCUT2D eigenvalue weighted by atomic mass is 9.81. The first-order chi connectivity index (χ1) is 24.2. The number of hydrogen-bond donors (Lipinski definition) is 4. The van der Waals surface area contributed by atoms with Crippen LogP contribution in [0.25, 0.3) is 0 Å². The predicted octanol–water partition coefficient (Wildman–Crippen LogP) is 3.72. The molecule has 4 unspecified atom stereocenters. The molecular weight excluding hydrogens is 650 g/mol. The van der Waals surface area contributed by atoms with Crippen molar-refractivity contribution in [2.75, 3.05) is 13.1 Å². The van der Waals surface area contributed by atoms with Crippen LogP contribution in [0.5, 0.6) is 0 Å². The molecule has 2 fully saturated rings. The SMILES string of the molecule is CCCC(CCC)C(C)CN(CC(=O)NC(C)C(=O)C(=O)NC1CC1)C(=O)C(NC(=O)C(NC(=O)c1cnccn1)C1CCCCC1)C(C)(C)C. The number of rotatable bonds is 19. The van der Waals surface area contributed by atoms with Crippen molar-refractivity contribution in [1.82, 2.24) is 36.1 Å². The number of amides is 5. The van der Waals surface area contributed by atoms with Gasteiger partial charge in [-0.25, -0.2) is 4.98 Å². The van der Waals surface area contributed by atoms with E-state index >= 15 is 0 Å². The van der Waals surface area contributed by atoms with Crippen LogP contribution in [-0.4, -0.2) is 87.4 Å². The number of aromatic nitrogens is 2. The van der Waals surface area contributed by atoms with Crippen LogP contribution < -0.4 is 21.3 Å². The lowest BCUT2D eigenvalue weighted by molar-refractivity contribution is -0.144. The topological polar surface area (TPSA) is 180 Å². The van der Waals surface area contributed by atoms with E-state index in [0.29, 0.717) is 5.92 Å². The Hall–Kier alpha value is -3.90. The maximum atomic E-state index is 14.6. The molecule has 0 spiro atoms. The van der Waals surface area contributed by atoms with Gasteiger partial charge < -0.3 is 26.2 Å². The Morgan fingerprint density at radius 3 is 2.08 bits per heavy atom. The zero-order valence-corrected chi connectivity index (χ0v) is 31.8. The van der Waals surface area contributed by atoms with Crippen molar-refractivity contribution in [3.8, 4) is 0 Å². The van der Waals surface area contributed by atoms with Gasteiger partial charge in [-0.3, -0.25) is 33.8 Å². The first-order valence-corrected chi connectivity index (χ1v) is 19.0. The van der Waals surface area contributed by atoms with E-state index in [4.69, 9.17) is 0 Å². The number of nitrogens with zero attached hydrogens (tertiary/aromatic N) is 3. The minimum absolute atomic E-state index is 0.000672. The molecule has 0 aliphatic heterocycles. The van der Waals surface area contributed by atoms with Crippen LogP contribution in [0.3, 0.4) is 0 Å². The summed E-state index contributed by atoms with van der Waals surface area (Å²) in [4.78, 5) is 90.1. The van der Waals surface area contributed by atoms with Gasteiger partial charge in [-0.15, -0.1) is 0 Å². The Bertz CT molecular complexity index is 1330. The van der Waals surface area contributed by atoms with E-state index in [0.717, 1.165) is 70.6 Å². The van der Waals surface area contributed by atoms with Crippen LogP contribution in [0.4, 0.5) is 0 Å². The van der Waals surface area contributed by atoms with E-state index < -0.39 is 58.9 Å². The second kappa shape index (κ2) is 19.6. The number of ketones is 1. The lowest BCUT2D eigenvalue weighted by Gasteiger charge is -2.38. The van der Waals surface area contributed by atoms with Crippen LogP contribution in [0, 0.1) is 23.2 Å². The smallest absolute Gasteiger partial charge is 0.289 e. The highest BCUT2D eigenvalue weighted by Gasteiger charge is 2.41. The molecule has 5 amide bonds.